The zero-order valence-corrected chi connectivity index (χ0v) is 21.7. The predicted octanol–water partition coefficient (Wildman–Crippen LogP) is 3.91. The fourth-order valence-electron chi connectivity index (χ4n) is 3.59. The molecule has 2 aliphatic heterocycles. The number of aliphatic carboxylic acids is 1. The maximum absolute atomic E-state index is 11.9. The highest BCUT2D eigenvalue weighted by Crippen LogP contribution is 2.21. The van der Waals surface area contributed by atoms with Crippen LogP contribution in [0.1, 0.15) is 74.1 Å². The SMILES string of the molecule is CC(C)(C)OC(=O)N1CCC[C@@H](C(=O)O)C1.CCOC(=O)[C@@H]1CCCN(C(=O)OC(C)(C)C)C1. The van der Waals surface area contributed by atoms with Gasteiger partial charge in [0.05, 0.1) is 18.4 Å². The Labute approximate surface area is 202 Å². The van der Waals surface area contributed by atoms with Gasteiger partial charge in [-0.25, -0.2) is 9.59 Å². The molecule has 0 saturated carbocycles. The molecule has 196 valence electrons. The molecule has 0 aromatic rings. The van der Waals surface area contributed by atoms with E-state index in [1.54, 1.807) is 32.6 Å². The number of carbonyl (C=O) groups excluding carboxylic acids is 3. The average molecular weight is 487 g/mol. The summed E-state index contributed by atoms with van der Waals surface area (Å²) in [6.45, 7) is 14.9. The van der Waals surface area contributed by atoms with E-state index in [4.69, 9.17) is 19.3 Å². The van der Waals surface area contributed by atoms with Crippen molar-refractivity contribution in [2.45, 2.75) is 85.4 Å². The first-order valence-electron chi connectivity index (χ1n) is 12.0. The van der Waals surface area contributed by atoms with Crippen molar-refractivity contribution in [3.8, 4) is 0 Å². The Bertz CT molecular complexity index is 711. The zero-order valence-electron chi connectivity index (χ0n) is 21.7. The predicted molar refractivity (Wildman–Crippen MR) is 125 cm³/mol. The molecule has 2 heterocycles. The second kappa shape index (κ2) is 12.8. The summed E-state index contributed by atoms with van der Waals surface area (Å²) >= 11 is 0. The summed E-state index contributed by atoms with van der Waals surface area (Å²) in [4.78, 5) is 49.1. The van der Waals surface area contributed by atoms with Gasteiger partial charge in [0, 0.05) is 26.2 Å². The maximum atomic E-state index is 11.9. The van der Waals surface area contributed by atoms with Gasteiger partial charge >= 0.3 is 24.1 Å². The molecule has 10 heteroatoms. The lowest BCUT2D eigenvalue weighted by molar-refractivity contribution is -0.149. The van der Waals surface area contributed by atoms with Crippen molar-refractivity contribution in [3.05, 3.63) is 0 Å². The summed E-state index contributed by atoms with van der Waals surface area (Å²) < 4.78 is 15.5. The maximum Gasteiger partial charge on any atom is 0.410 e. The van der Waals surface area contributed by atoms with Crippen LogP contribution in [-0.4, -0.2) is 83.0 Å². The van der Waals surface area contributed by atoms with Crippen LogP contribution in [-0.2, 0) is 23.8 Å². The second-order valence-electron chi connectivity index (χ2n) is 10.6. The molecule has 2 rings (SSSR count). The van der Waals surface area contributed by atoms with Gasteiger partial charge in [0.2, 0.25) is 0 Å². The van der Waals surface area contributed by atoms with E-state index >= 15 is 0 Å². The average Bonchev–Trinajstić information content (AvgIpc) is 2.72. The quantitative estimate of drug-likeness (QED) is 0.470. The standard InChI is InChI=1S/C13H23NO4.C11H19NO4/c1-5-17-11(15)10-7-6-8-14(9-10)12(16)18-13(2,3)4;1-11(2,3)16-10(15)12-6-4-5-8(7-12)9(13)14/h10H,5-9H2,1-4H3;8H,4-7H2,1-3H3,(H,13,14)/t10-;8-/m11/s1. The van der Waals surface area contributed by atoms with Crippen LogP contribution in [0.25, 0.3) is 0 Å². The minimum atomic E-state index is -0.840. The van der Waals surface area contributed by atoms with Crippen molar-refractivity contribution in [1.82, 2.24) is 9.80 Å². The van der Waals surface area contributed by atoms with Gasteiger partial charge in [-0.1, -0.05) is 0 Å². The molecule has 2 fully saturated rings. The normalized spacial score (nSPS) is 21.0. The first-order chi connectivity index (χ1) is 15.6. The third kappa shape index (κ3) is 11.1. The smallest absolute Gasteiger partial charge is 0.410 e. The number of ether oxygens (including phenoxy) is 3. The highest BCUT2D eigenvalue weighted by molar-refractivity contribution is 5.75. The lowest BCUT2D eigenvalue weighted by atomic mass is 9.98. The van der Waals surface area contributed by atoms with Crippen molar-refractivity contribution < 1.29 is 38.5 Å². The summed E-state index contributed by atoms with van der Waals surface area (Å²) in [6, 6.07) is 0. The molecule has 0 aromatic carbocycles. The van der Waals surface area contributed by atoms with E-state index in [2.05, 4.69) is 0 Å². The molecule has 0 bridgehead atoms. The summed E-state index contributed by atoms with van der Waals surface area (Å²) in [5.41, 5.74) is -1.04. The Hall–Kier alpha value is -2.52. The largest absolute Gasteiger partial charge is 0.481 e. The topological polar surface area (TPSA) is 123 Å². The van der Waals surface area contributed by atoms with Gasteiger partial charge in [-0.05, 0) is 74.1 Å². The number of likely N-dealkylation sites (tertiary alicyclic amines) is 2. The van der Waals surface area contributed by atoms with Crippen molar-refractivity contribution in [1.29, 1.82) is 0 Å². The van der Waals surface area contributed by atoms with Gasteiger partial charge in [-0.3, -0.25) is 9.59 Å². The molecule has 0 aliphatic carbocycles. The van der Waals surface area contributed by atoms with Crippen LogP contribution in [0, 0.1) is 11.8 Å². The monoisotopic (exact) mass is 486 g/mol. The van der Waals surface area contributed by atoms with Crippen LogP contribution >= 0.6 is 0 Å². The van der Waals surface area contributed by atoms with Gasteiger partial charge in [0.25, 0.3) is 0 Å². The number of nitrogens with zero attached hydrogens (tertiary/aromatic N) is 2. The molecule has 0 radical (unpaired) electrons. The van der Waals surface area contributed by atoms with Gasteiger partial charge < -0.3 is 29.1 Å². The molecule has 10 nitrogen and oxygen atoms in total. The summed E-state index contributed by atoms with van der Waals surface area (Å²) in [5.74, 6) is -1.73. The molecule has 0 unspecified atom stereocenters. The van der Waals surface area contributed by atoms with Crippen molar-refractivity contribution in [2.24, 2.45) is 11.8 Å². The Balaban J connectivity index is 0.000000342. The molecule has 34 heavy (non-hydrogen) atoms. The number of esters is 1. The van der Waals surface area contributed by atoms with Crippen molar-refractivity contribution in [2.75, 3.05) is 32.8 Å². The van der Waals surface area contributed by atoms with Crippen molar-refractivity contribution in [3.63, 3.8) is 0 Å². The lowest BCUT2D eigenvalue weighted by Crippen LogP contribution is -2.45. The number of hydrogen-bond donors (Lipinski definition) is 1. The minimum Gasteiger partial charge on any atom is -0.481 e. The first-order valence-corrected chi connectivity index (χ1v) is 12.0. The Morgan fingerprint density at radius 2 is 1.21 bits per heavy atom. The van der Waals surface area contributed by atoms with Crippen LogP contribution in [0.15, 0.2) is 0 Å². The zero-order chi connectivity index (χ0) is 26.1. The number of piperidine rings is 2. The molecular weight excluding hydrogens is 444 g/mol. The fourth-order valence-corrected chi connectivity index (χ4v) is 3.59. The van der Waals surface area contributed by atoms with Crippen molar-refractivity contribution >= 4 is 24.1 Å². The number of rotatable bonds is 3. The molecule has 2 amide bonds. The van der Waals surface area contributed by atoms with Gasteiger partial charge in [-0.15, -0.1) is 0 Å². The Morgan fingerprint density at radius 3 is 1.59 bits per heavy atom. The number of carboxylic acids is 1. The molecular formula is C24H42N2O8. The third-order valence-electron chi connectivity index (χ3n) is 5.12. The number of carbonyl (C=O) groups is 4. The van der Waals surface area contributed by atoms with E-state index in [0.29, 0.717) is 32.7 Å². The Kier molecular flexibility index (Phi) is 11.1. The summed E-state index contributed by atoms with van der Waals surface area (Å²) in [7, 11) is 0. The van der Waals surface area contributed by atoms with E-state index in [1.807, 2.05) is 20.8 Å². The van der Waals surface area contributed by atoms with E-state index in [-0.39, 0.29) is 24.5 Å². The van der Waals surface area contributed by atoms with E-state index in [9.17, 15) is 19.2 Å². The number of hydrogen-bond acceptors (Lipinski definition) is 7. The summed E-state index contributed by atoms with van der Waals surface area (Å²) in [6.07, 6.45) is 2.17. The third-order valence-corrected chi connectivity index (χ3v) is 5.12. The van der Waals surface area contributed by atoms with Gasteiger partial charge in [-0.2, -0.15) is 0 Å². The van der Waals surface area contributed by atoms with Crippen LogP contribution in [0.5, 0.6) is 0 Å². The van der Waals surface area contributed by atoms with Crippen LogP contribution in [0.3, 0.4) is 0 Å². The van der Waals surface area contributed by atoms with Crippen LogP contribution in [0.2, 0.25) is 0 Å². The van der Waals surface area contributed by atoms with Gasteiger partial charge in [0.15, 0.2) is 0 Å². The van der Waals surface area contributed by atoms with E-state index < -0.39 is 29.2 Å². The van der Waals surface area contributed by atoms with Crippen LogP contribution in [0.4, 0.5) is 9.59 Å². The van der Waals surface area contributed by atoms with E-state index in [0.717, 1.165) is 19.3 Å². The molecule has 1 N–H and O–H groups in total. The highest BCUT2D eigenvalue weighted by Gasteiger charge is 2.32. The Morgan fingerprint density at radius 1 is 0.794 bits per heavy atom. The molecule has 0 spiro atoms. The molecule has 2 atom stereocenters. The molecule has 2 saturated heterocycles. The lowest BCUT2D eigenvalue weighted by Gasteiger charge is -2.33. The highest BCUT2D eigenvalue weighted by atomic mass is 16.6. The first kappa shape index (κ1) is 29.5. The number of carboxylic acid groups (broad SMARTS) is 1. The van der Waals surface area contributed by atoms with Gasteiger partial charge in [0.1, 0.15) is 11.2 Å². The number of amides is 2. The minimum absolute atomic E-state index is 0.216. The second-order valence-corrected chi connectivity index (χ2v) is 10.6. The fraction of sp³-hybridized carbons (Fsp3) is 0.833. The van der Waals surface area contributed by atoms with E-state index in [1.165, 1.54) is 4.90 Å². The summed E-state index contributed by atoms with van der Waals surface area (Å²) in [5, 5.41) is 8.89. The molecule has 2 aliphatic rings. The van der Waals surface area contributed by atoms with Crippen LogP contribution < -0.4 is 0 Å². The molecule has 0 aromatic heterocycles.